The van der Waals surface area contributed by atoms with Crippen LogP contribution in [0.4, 0.5) is 5.69 Å². The molecule has 0 saturated carbocycles. The lowest BCUT2D eigenvalue weighted by atomic mass is 10.2. The minimum atomic E-state index is 0.285. The maximum absolute atomic E-state index is 6.86. The predicted octanol–water partition coefficient (Wildman–Crippen LogP) is 2.03. The van der Waals surface area contributed by atoms with Crippen LogP contribution >= 0.6 is 0 Å². The number of hydrogen-bond donors (Lipinski definition) is 1. The first-order valence-electron chi connectivity index (χ1n) is 4.26. The van der Waals surface area contributed by atoms with Crippen LogP contribution in [0.2, 0.25) is 0 Å². The lowest BCUT2D eigenvalue weighted by Crippen LogP contribution is -2.02. The van der Waals surface area contributed by atoms with Gasteiger partial charge in [-0.25, -0.2) is 10.7 Å². The topological polar surface area (TPSA) is 48.8 Å². The highest BCUT2D eigenvalue weighted by Gasteiger charge is 2.04. The summed E-state index contributed by atoms with van der Waals surface area (Å²) in [5.41, 5.74) is 1.40. The van der Waals surface area contributed by atoms with Crippen molar-refractivity contribution in [2.24, 2.45) is 5.90 Å². The molecule has 0 fully saturated rings. The molecule has 0 unspecified atom stereocenters. The third-order valence-corrected chi connectivity index (χ3v) is 1.72. The van der Waals surface area contributed by atoms with Crippen molar-refractivity contribution >= 4 is 5.69 Å². The molecule has 2 N–H and O–H groups in total. The third-order valence-electron chi connectivity index (χ3n) is 1.72. The molecule has 0 aliphatic carbocycles. The SMILES string of the molecule is [C-]#[N+]c1ccc(CON)c(OCC)c1. The maximum atomic E-state index is 6.86. The van der Waals surface area contributed by atoms with Crippen LogP contribution in [0.15, 0.2) is 18.2 Å². The molecule has 0 atom stereocenters. The Morgan fingerprint density at radius 3 is 2.86 bits per heavy atom. The van der Waals surface area contributed by atoms with Crippen molar-refractivity contribution in [2.45, 2.75) is 13.5 Å². The zero-order chi connectivity index (χ0) is 10.4. The normalized spacial score (nSPS) is 9.50. The molecule has 4 nitrogen and oxygen atoms in total. The van der Waals surface area contributed by atoms with E-state index in [1.807, 2.05) is 6.92 Å². The number of ether oxygens (including phenoxy) is 1. The summed E-state index contributed by atoms with van der Waals surface area (Å²) in [6, 6.07) is 5.18. The number of rotatable bonds is 4. The number of hydrogen-bond acceptors (Lipinski definition) is 3. The van der Waals surface area contributed by atoms with E-state index in [4.69, 9.17) is 17.2 Å². The molecule has 74 valence electrons. The fraction of sp³-hybridized carbons (Fsp3) is 0.300. The second kappa shape index (κ2) is 5.22. The van der Waals surface area contributed by atoms with Gasteiger partial charge in [0.15, 0.2) is 5.69 Å². The molecule has 0 heterocycles. The largest absolute Gasteiger partial charge is 0.495 e. The van der Waals surface area contributed by atoms with Crippen molar-refractivity contribution in [3.05, 3.63) is 35.2 Å². The monoisotopic (exact) mass is 192 g/mol. The van der Waals surface area contributed by atoms with Crippen LogP contribution in [-0.4, -0.2) is 6.61 Å². The Bertz CT molecular complexity index is 344. The van der Waals surface area contributed by atoms with E-state index >= 15 is 0 Å². The van der Waals surface area contributed by atoms with E-state index in [1.165, 1.54) is 0 Å². The summed E-state index contributed by atoms with van der Waals surface area (Å²) in [4.78, 5) is 7.84. The van der Waals surface area contributed by atoms with E-state index < -0.39 is 0 Å². The highest BCUT2D eigenvalue weighted by molar-refractivity contribution is 5.52. The second-order valence-corrected chi connectivity index (χ2v) is 2.65. The number of benzene rings is 1. The predicted molar refractivity (Wildman–Crippen MR) is 52.8 cm³/mol. The Hall–Kier alpha value is -1.57. The van der Waals surface area contributed by atoms with Gasteiger partial charge in [-0.3, -0.25) is 4.84 Å². The Balaban J connectivity index is 2.98. The average molecular weight is 192 g/mol. The van der Waals surface area contributed by atoms with Crippen LogP contribution in [0.1, 0.15) is 12.5 Å². The van der Waals surface area contributed by atoms with Gasteiger partial charge in [-0.15, -0.1) is 0 Å². The lowest BCUT2D eigenvalue weighted by molar-refractivity contribution is 0.121. The van der Waals surface area contributed by atoms with Crippen molar-refractivity contribution < 1.29 is 9.57 Å². The van der Waals surface area contributed by atoms with Crippen LogP contribution < -0.4 is 10.6 Å². The molecule has 0 spiro atoms. The number of nitrogens with zero attached hydrogens (tertiary/aromatic N) is 1. The van der Waals surface area contributed by atoms with Gasteiger partial charge in [-0.1, -0.05) is 12.1 Å². The van der Waals surface area contributed by atoms with E-state index in [-0.39, 0.29) is 6.61 Å². The van der Waals surface area contributed by atoms with Crippen LogP contribution in [-0.2, 0) is 11.4 Å². The Kier molecular flexibility index (Phi) is 3.92. The van der Waals surface area contributed by atoms with Crippen LogP contribution in [0, 0.1) is 6.57 Å². The quantitative estimate of drug-likeness (QED) is 0.586. The van der Waals surface area contributed by atoms with E-state index in [1.54, 1.807) is 18.2 Å². The molecule has 1 rings (SSSR count). The van der Waals surface area contributed by atoms with Gasteiger partial charge in [-0.2, -0.15) is 0 Å². The summed E-state index contributed by atoms with van der Waals surface area (Å²) in [5.74, 6) is 5.64. The zero-order valence-corrected chi connectivity index (χ0v) is 7.99. The maximum Gasteiger partial charge on any atom is 0.190 e. The molecule has 4 heteroatoms. The summed E-state index contributed by atoms with van der Waals surface area (Å²) >= 11 is 0. The van der Waals surface area contributed by atoms with Gasteiger partial charge in [0.05, 0.1) is 19.8 Å². The van der Waals surface area contributed by atoms with E-state index in [2.05, 4.69) is 9.68 Å². The molecule has 0 aliphatic rings. The molecular weight excluding hydrogens is 180 g/mol. The smallest absolute Gasteiger partial charge is 0.190 e. The molecule has 0 aromatic heterocycles. The van der Waals surface area contributed by atoms with Gasteiger partial charge in [0.1, 0.15) is 5.75 Å². The Labute approximate surface area is 83.0 Å². The summed E-state index contributed by atoms with van der Waals surface area (Å²) in [5, 5.41) is 0. The minimum absolute atomic E-state index is 0.285. The fourth-order valence-corrected chi connectivity index (χ4v) is 1.11. The zero-order valence-electron chi connectivity index (χ0n) is 7.99. The lowest BCUT2D eigenvalue weighted by Gasteiger charge is -2.09. The van der Waals surface area contributed by atoms with Gasteiger partial charge >= 0.3 is 0 Å². The van der Waals surface area contributed by atoms with Gasteiger partial charge < -0.3 is 4.74 Å². The van der Waals surface area contributed by atoms with Gasteiger partial charge in [0.2, 0.25) is 0 Å². The first-order valence-corrected chi connectivity index (χ1v) is 4.26. The first kappa shape index (κ1) is 10.5. The van der Waals surface area contributed by atoms with Gasteiger partial charge in [0.25, 0.3) is 0 Å². The molecule has 0 amide bonds. The summed E-state index contributed by atoms with van der Waals surface area (Å²) in [6.07, 6.45) is 0. The van der Waals surface area contributed by atoms with Crippen LogP contribution in [0.3, 0.4) is 0 Å². The third kappa shape index (κ3) is 2.46. The summed E-state index contributed by atoms with van der Waals surface area (Å²) in [7, 11) is 0. The highest BCUT2D eigenvalue weighted by atomic mass is 16.6. The minimum Gasteiger partial charge on any atom is -0.495 e. The Morgan fingerprint density at radius 2 is 2.29 bits per heavy atom. The molecule has 0 aliphatic heterocycles. The van der Waals surface area contributed by atoms with E-state index in [9.17, 15) is 0 Å². The molecule has 1 aromatic rings. The summed E-state index contributed by atoms with van der Waals surface area (Å²) < 4.78 is 5.35. The van der Waals surface area contributed by atoms with E-state index in [0.29, 0.717) is 18.0 Å². The molecular formula is C10H12N2O2. The standard InChI is InChI=1S/C10H12N2O2/c1-3-13-10-6-9(12-2)5-4-8(10)7-14-11/h4-6H,3,7,11H2,1H3. The molecule has 0 radical (unpaired) electrons. The molecule has 0 saturated heterocycles. The van der Waals surface area contributed by atoms with Gasteiger partial charge in [0, 0.05) is 5.56 Å². The molecule has 14 heavy (non-hydrogen) atoms. The molecule has 0 bridgehead atoms. The fourth-order valence-electron chi connectivity index (χ4n) is 1.11. The van der Waals surface area contributed by atoms with Crippen LogP contribution in [0.5, 0.6) is 5.75 Å². The Morgan fingerprint density at radius 1 is 1.50 bits per heavy atom. The van der Waals surface area contributed by atoms with Crippen molar-refractivity contribution in [3.8, 4) is 5.75 Å². The summed E-state index contributed by atoms with van der Waals surface area (Å²) in [6.45, 7) is 9.58. The average Bonchev–Trinajstić information content (AvgIpc) is 2.21. The highest BCUT2D eigenvalue weighted by Crippen LogP contribution is 2.25. The molecule has 1 aromatic carbocycles. The van der Waals surface area contributed by atoms with Gasteiger partial charge in [-0.05, 0) is 13.0 Å². The first-order chi connectivity index (χ1) is 6.81. The van der Waals surface area contributed by atoms with Crippen molar-refractivity contribution in [3.63, 3.8) is 0 Å². The van der Waals surface area contributed by atoms with Crippen molar-refractivity contribution in [1.29, 1.82) is 0 Å². The van der Waals surface area contributed by atoms with E-state index in [0.717, 1.165) is 5.56 Å². The van der Waals surface area contributed by atoms with Crippen molar-refractivity contribution in [2.75, 3.05) is 6.61 Å². The van der Waals surface area contributed by atoms with Crippen LogP contribution in [0.25, 0.3) is 4.85 Å². The van der Waals surface area contributed by atoms with Crippen molar-refractivity contribution in [1.82, 2.24) is 0 Å². The number of nitrogens with two attached hydrogens (primary N) is 1. The second-order valence-electron chi connectivity index (χ2n) is 2.65.